The molecule has 0 aromatic heterocycles. The minimum Gasteiger partial charge on any atom is -0.508 e. The predicted octanol–water partition coefficient (Wildman–Crippen LogP) is 3.14. The smallest absolute Gasteiger partial charge is 0.125 e. The summed E-state index contributed by atoms with van der Waals surface area (Å²) in [6, 6.07) is 6.85. The van der Waals surface area contributed by atoms with Gasteiger partial charge in [-0.2, -0.15) is 5.26 Å². The maximum atomic E-state index is 9.76. The Labute approximate surface area is 106 Å². The average molecular weight is 251 g/mol. The number of nitrogens with zero attached hydrogens (tertiary/aromatic N) is 1. The zero-order valence-corrected chi connectivity index (χ0v) is 10.2. The van der Waals surface area contributed by atoms with Gasteiger partial charge in [0.15, 0.2) is 0 Å². The van der Waals surface area contributed by atoms with Crippen LogP contribution in [0.25, 0.3) is 0 Å². The van der Waals surface area contributed by atoms with Crippen molar-refractivity contribution in [3.63, 3.8) is 0 Å². The van der Waals surface area contributed by atoms with Gasteiger partial charge in [0.2, 0.25) is 0 Å². The Morgan fingerprint density at radius 2 is 2.12 bits per heavy atom. The van der Waals surface area contributed by atoms with Crippen LogP contribution in [-0.2, 0) is 0 Å². The molecular formula is C13H15ClN2O. The van der Waals surface area contributed by atoms with E-state index in [1.807, 2.05) is 0 Å². The van der Waals surface area contributed by atoms with Gasteiger partial charge in [-0.3, -0.25) is 5.32 Å². The van der Waals surface area contributed by atoms with E-state index in [0.717, 1.165) is 12.8 Å². The summed E-state index contributed by atoms with van der Waals surface area (Å²) in [5, 5.41) is 22.8. The maximum Gasteiger partial charge on any atom is 0.125 e. The molecular weight excluding hydrogens is 236 g/mol. The Bertz CT molecular complexity index is 436. The highest BCUT2D eigenvalue weighted by atomic mass is 35.5. The zero-order chi connectivity index (χ0) is 12.3. The van der Waals surface area contributed by atoms with Gasteiger partial charge in [-0.15, -0.1) is 0 Å². The predicted molar refractivity (Wildman–Crippen MR) is 66.9 cm³/mol. The van der Waals surface area contributed by atoms with Gasteiger partial charge in [-0.25, -0.2) is 0 Å². The molecule has 1 fully saturated rings. The molecule has 0 aliphatic heterocycles. The summed E-state index contributed by atoms with van der Waals surface area (Å²) in [7, 11) is 0. The number of phenols is 1. The molecule has 1 aliphatic rings. The van der Waals surface area contributed by atoms with Crippen molar-refractivity contribution in [2.75, 3.05) is 0 Å². The van der Waals surface area contributed by atoms with Crippen molar-refractivity contribution in [2.24, 2.45) is 0 Å². The number of rotatable bonds is 3. The summed E-state index contributed by atoms with van der Waals surface area (Å²) in [5.74, 6) is 0.117. The molecule has 1 saturated carbocycles. The van der Waals surface area contributed by atoms with Crippen LogP contribution in [0.1, 0.15) is 37.3 Å². The highest BCUT2D eigenvalue weighted by molar-refractivity contribution is 6.30. The Morgan fingerprint density at radius 3 is 2.76 bits per heavy atom. The molecule has 2 N–H and O–H groups in total. The first-order chi connectivity index (χ1) is 8.20. The lowest BCUT2D eigenvalue weighted by Gasteiger charge is -2.18. The van der Waals surface area contributed by atoms with Crippen molar-refractivity contribution in [3.05, 3.63) is 28.8 Å². The van der Waals surface area contributed by atoms with Crippen LogP contribution in [-0.4, -0.2) is 11.1 Å². The van der Waals surface area contributed by atoms with Crippen LogP contribution in [0.5, 0.6) is 5.75 Å². The van der Waals surface area contributed by atoms with Gasteiger partial charge in [0.05, 0.1) is 6.07 Å². The second-order valence-corrected chi connectivity index (χ2v) is 4.85. The SMILES string of the molecule is N#CC(NC1CCCC1)c1cc(Cl)ccc1O. The van der Waals surface area contributed by atoms with E-state index in [-0.39, 0.29) is 5.75 Å². The van der Waals surface area contributed by atoms with E-state index in [0.29, 0.717) is 16.6 Å². The summed E-state index contributed by atoms with van der Waals surface area (Å²) in [4.78, 5) is 0. The van der Waals surface area contributed by atoms with E-state index >= 15 is 0 Å². The summed E-state index contributed by atoms with van der Waals surface area (Å²) >= 11 is 5.89. The third-order valence-corrected chi connectivity index (χ3v) is 3.42. The molecule has 0 bridgehead atoms. The number of halogens is 1. The molecule has 1 aromatic rings. The summed E-state index contributed by atoms with van der Waals surface area (Å²) in [6.07, 6.45) is 4.60. The first kappa shape index (κ1) is 12.2. The lowest BCUT2D eigenvalue weighted by Crippen LogP contribution is -2.29. The van der Waals surface area contributed by atoms with Crippen LogP contribution in [0, 0.1) is 11.3 Å². The van der Waals surface area contributed by atoms with Crippen LogP contribution in [0.2, 0.25) is 5.02 Å². The molecule has 4 heteroatoms. The Morgan fingerprint density at radius 1 is 1.41 bits per heavy atom. The maximum absolute atomic E-state index is 9.76. The normalized spacial score (nSPS) is 17.9. The number of benzene rings is 1. The molecule has 1 atom stereocenters. The monoisotopic (exact) mass is 250 g/mol. The standard InChI is InChI=1S/C13H15ClN2O/c14-9-5-6-13(17)11(7-9)12(8-15)16-10-3-1-2-4-10/h5-7,10,12,16-17H,1-4H2. The molecule has 0 amide bonds. The zero-order valence-electron chi connectivity index (χ0n) is 9.49. The van der Waals surface area contributed by atoms with E-state index in [1.165, 1.54) is 18.9 Å². The number of nitrogens with one attached hydrogen (secondary N) is 1. The van der Waals surface area contributed by atoms with Crippen LogP contribution < -0.4 is 5.32 Å². The third kappa shape index (κ3) is 2.91. The Kier molecular flexibility index (Phi) is 3.88. The van der Waals surface area contributed by atoms with Gasteiger partial charge in [-0.05, 0) is 31.0 Å². The van der Waals surface area contributed by atoms with Crippen molar-refractivity contribution < 1.29 is 5.11 Å². The number of phenolic OH excluding ortho intramolecular Hbond substituents is 1. The lowest BCUT2D eigenvalue weighted by molar-refractivity contribution is 0.444. The molecule has 0 radical (unpaired) electrons. The highest BCUT2D eigenvalue weighted by Gasteiger charge is 2.22. The molecule has 17 heavy (non-hydrogen) atoms. The van der Waals surface area contributed by atoms with Crippen LogP contribution in [0.3, 0.4) is 0 Å². The topological polar surface area (TPSA) is 56.0 Å². The van der Waals surface area contributed by atoms with Gasteiger partial charge in [-0.1, -0.05) is 24.4 Å². The van der Waals surface area contributed by atoms with Crippen molar-refractivity contribution in [3.8, 4) is 11.8 Å². The fourth-order valence-electron chi connectivity index (χ4n) is 2.28. The van der Waals surface area contributed by atoms with Crippen LogP contribution in [0.15, 0.2) is 18.2 Å². The van der Waals surface area contributed by atoms with Crippen molar-refractivity contribution in [2.45, 2.75) is 37.8 Å². The van der Waals surface area contributed by atoms with Crippen molar-refractivity contribution in [1.82, 2.24) is 5.32 Å². The van der Waals surface area contributed by atoms with E-state index in [1.54, 1.807) is 12.1 Å². The number of hydrogen-bond donors (Lipinski definition) is 2. The molecule has 3 nitrogen and oxygen atoms in total. The minimum absolute atomic E-state index is 0.117. The van der Waals surface area contributed by atoms with Gasteiger partial charge >= 0.3 is 0 Å². The molecule has 1 unspecified atom stereocenters. The second kappa shape index (κ2) is 5.39. The minimum atomic E-state index is -0.489. The number of aromatic hydroxyl groups is 1. The number of hydrogen-bond acceptors (Lipinski definition) is 3. The van der Waals surface area contributed by atoms with Crippen molar-refractivity contribution >= 4 is 11.6 Å². The van der Waals surface area contributed by atoms with Gasteiger partial charge in [0.1, 0.15) is 11.8 Å². The third-order valence-electron chi connectivity index (χ3n) is 3.19. The largest absolute Gasteiger partial charge is 0.508 e. The fraction of sp³-hybridized carbons (Fsp3) is 0.462. The lowest BCUT2D eigenvalue weighted by atomic mass is 10.1. The molecule has 0 heterocycles. The molecule has 2 rings (SSSR count). The molecule has 0 saturated heterocycles. The fourth-order valence-corrected chi connectivity index (χ4v) is 2.46. The van der Waals surface area contributed by atoms with E-state index < -0.39 is 6.04 Å². The Balaban J connectivity index is 2.16. The van der Waals surface area contributed by atoms with Gasteiger partial charge in [0, 0.05) is 16.6 Å². The Hall–Kier alpha value is -1.24. The van der Waals surface area contributed by atoms with Crippen LogP contribution in [0.4, 0.5) is 0 Å². The summed E-state index contributed by atoms with van der Waals surface area (Å²) < 4.78 is 0. The number of nitriles is 1. The van der Waals surface area contributed by atoms with E-state index in [9.17, 15) is 10.4 Å². The van der Waals surface area contributed by atoms with Gasteiger partial charge in [0.25, 0.3) is 0 Å². The van der Waals surface area contributed by atoms with Gasteiger partial charge < -0.3 is 5.11 Å². The molecule has 90 valence electrons. The van der Waals surface area contributed by atoms with E-state index in [4.69, 9.17) is 11.6 Å². The first-order valence-electron chi connectivity index (χ1n) is 5.85. The average Bonchev–Trinajstić information content (AvgIpc) is 2.82. The quantitative estimate of drug-likeness (QED) is 0.867. The molecule has 1 aliphatic carbocycles. The van der Waals surface area contributed by atoms with E-state index in [2.05, 4.69) is 11.4 Å². The summed E-state index contributed by atoms with van der Waals surface area (Å²) in [5.41, 5.74) is 0.562. The van der Waals surface area contributed by atoms with Crippen molar-refractivity contribution in [1.29, 1.82) is 5.26 Å². The first-order valence-corrected chi connectivity index (χ1v) is 6.22. The molecule has 1 aromatic carbocycles. The van der Waals surface area contributed by atoms with Crippen LogP contribution >= 0.6 is 11.6 Å². The highest BCUT2D eigenvalue weighted by Crippen LogP contribution is 2.29. The second-order valence-electron chi connectivity index (χ2n) is 4.41. The summed E-state index contributed by atoms with van der Waals surface area (Å²) in [6.45, 7) is 0. The molecule has 0 spiro atoms.